The van der Waals surface area contributed by atoms with Crippen LogP contribution in [0.5, 0.6) is 0 Å². The van der Waals surface area contributed by atoms with Crippen molar-refractivity contribution in [1.82, 2.24) is 10.2 Å². The van der Waals surface area contributed by atoms with E-state index < -0.39 is 0 Å². The molecule has 2 aromatic rings. The van der Waals surface area contributed by atoms with Crippen molar-refractivity contribution in [1.29, 1.82) is 0 Å². The van der Waals surface area contributed by atoms with Crippen LogP contribution in [0.3, 0.4) is 0 Å². The molecular weight excluding hydrogens is 376 g/mol. The molecule has 0 bridgehead atoms. The number of aryl methyl sites for hydroxylation is 1. The number of rotatable bonds is 9. The van der Waals surface area contributed by atoms with E-state index in [0.29, 0.717) is 18.9 Å². The van der Waals surface area contributed by atoms with E-state index in [2.05, 4.69) is 29.6 Å². The van der Waals surface area contributed by atoms with Crippen LogP contribution >= 0.6 is 0 Å². The van der Waals surface area contributed by atoms with E-state index in [-0.39, 0.29) is 18.4 Å². The quantitative estimate of drug-likeness (QED) is 0.692. The third-order valence-corrected chi connectivity index (χ3v) is 5.77. The molecule has 1 saturated heterocycles. The molecule has 30 heavy (non-hydrogen) atoms. The average Bonchev–Trinajstić information content (AvgIpc) is 2.79. The molecule has 0 atom stereocenters. The summed E-state index contributed by atoms with van der Waals surface area (Å²) in [6, 6.07) is 18.5. The van der Waals surface area contributed by atoms with E-state index in [1.165, 1.54) is 11.1 Å². The molecule has 1 aliphatic rings. The van der Waals surface area contributed by atoms with Gasteiger partial charge in [0.25, 0.3) is 0 Å². The highest BCUT2D eigenvalue weighted by molar-refractivity contribution is 5.77. The summed E-state index contributed by atoms with van der Waals surface area (Å²) < 4.78 is 5.59. The molecule has 1 fully saturated rings. The second kappa shape index (κ2) is 11.5. The fraction of sp³-hybridized carbons (Fsp3) is 0.440. The minimum Gasteiger partial charge on any atom is -0.367 e. The Labute approximate surface area is 179 Å². The summed E-state index contributed by atoms with van der Waals surface area (Å²) in [6.07, 6.45) is 4.40. The minimum absolute atomic E-state index is 0.0749. The van der Waals surface area contributed by atoms with Crippen molar-refractivity contribution in [2.75, 3.05) is 26.7 Å². The Morgan fingerprint density at radius 1 is 0.967 bits per heavy atom. The molecule has 0 unspecified atom stereocenters. The Hall–Kier alpha value is -2.66. The molecule has 2 aromatic carbocycles. The van der Waals surface area contributed by atoms with Crippen LogP contribution in [0.15, 0.2) is 54.6 Å². The van der Waals surface area contributed by atoms with Crippen molar-refractivity contribution in [3.63, 3.8) is 0 Å². The van der Waals surface area contributed by atoms with E-state index in [4.69, 9.17) is 4.74 Å². The molecular formula is C25H32N2O3. The SMILES string of the molecule is CNC(=O)CCc1ccc(CC2CCN(C(=O)COCc3ccccc3)CC2)cc1. The number of piperidine rings is 1. The molecule has 0 aromatic heterocycles. The first-order valence-electron chi connectivity index (χ1n) is 10.8. The Morgan fingerprint density at radius 2 is 1.63 bits per heavy atom. The summed E-state index contributed by atoms with van der Waals surface area (Å²) in [5.41, 5.74) is 3.61. The molecule has 0 spiro atoms. The van der Waals surface area contributed by atoms with Gasteiger partial charge in [0, 0.05) is 26.6 Å². The van der Waals surface area contributed by atoms with Gasteiger partial charge in [-0.2, -0.15) is 0 Å². The lowest BCUT2D eigenvalue weighted by Crippen LogP contribution is -2.40. The topological polar surface area (TPSA) is 58.6 Å². The van der Waals surface area contributed by atoms with Crippen molar-refractivity contribution >= 4 is 11.8 Å². The number of nitrogens with zero attached hydrogens (tertiary/aromatic N) is 1. The molecule has 5 heteroatoms. The van der Waals surface area contributed by atoms with E-state index in [1.807, 2.05) is 35.2 Å². The van der Waals surface area contributed by atoms with Crippen molar-refractivity contribution < 1.29 is 14.3 Å². The Morgan fingerprint density at radius 3 is 2.30 bits per heavy atom. The molecule has 0 radical (unpaired) electrons. The molecule has 2 amide bonds. The number of benzene rings is 2. The summed E-state index contributed by atoms with van der Waals surface area (Å²) in [5.74, 6) is 0.770. The number of carbonyl (C=O) groups excluding carboxylic acids is 2. The standard InChI is InChI=1S/C25H32N2O3/c1-26-24(28)12-11-20-7-9-21(10-8-20)17-22-13-15-27(16-14-22)25(29)19-30-18-23-5-3-2-4-6-23/h2-10,22H,11-19H2,1H3,(H,26,28). The molecule has 0 aliphatic carbocycles. The van der Waals surface area contributed by atoms with Crippen LogP contribution in [0.1, 0.15) is 36.0 Å². The van der Waals surface area contributed by atoms with Crippen LogP contribution in [0.2, 0.25) is 0 Å². The van der Waals surface area contributed by atoms with Crippen molar-refractivity contribution in [3.05, 3.63) is 71.3 Å². The zero-order valence-corrected chi connectivity index (χ0v) is 17.8. The van der Waals surface area contributed by atoms with Gasteiger partial charge in [-0.1, -0.05) is 54.6 Å². The van der Waals surface area contributed by atoms with E-state index in [1.54, 1.807) is 7.05 Å². The minimum atomic E-state index is 0.0749. The number of likely N-dealkylation sites (tertiary alicyclic amines) is 1. The van der Waals surface area contributed by atoms with Gasteiger partial charge >= 0.3 is 0 Å². The molecule has 1 aliphatic heterocycles. The van der Waals surface area contributed by atoms with Gasteiger partial charge in [-0.25, -0.2) is 0 Å². The molecule has 5 nitrogen and oxygen atoms in total. The van der Waals surface area contributed by atoms with Crippen LogP contribution < -0.4 is 5.32 Å². The first-order chi connectivity index (χ1) is 14.6. The highest BCUT2D eigenvalue weighted by Gasteiger charge is 2.23. The molecule has 160 valence electrons. The van der Waals surface area contributed by atoms with Crippen molar-refractivity contribution in [2.45, 2.75) is 38.7 Å². The fourth-order valence-corrected chi connectivity index (χ4v) is 3.87. The van der Waals surface area contributed by atoms with Crippen LogP contribution in [0, 0.1) is 5.92 Å². The van der Waals surface area contributed by atoms with Gasteiger partial charge in [-0.15, -0.1) is 0 Å². The van der Waals surface area contributed by atoms with E-state index >= 15 is 0 Å². The molecule has 0 saturated carbocycles. The maximum absolute atomic E-state index is 12.4. The Balaban J connectivity index is 1.35. The number of amides is 2. The number of nitrogens with one attached hydrogen (secondary N) is 1. The van der Waals surface area contributed by atoms with Gasteiger partial charge in [-0.3, -0.25) is 9.59 Å². The number of ether oxygens (including phenoxy) is 1. The Kier molecular flexibility index (Phi) is 8.45. The summed E-state index contributed by atoms with van der Waals surface area (Å²) in [7, 11) is 1.67. The lowest BCUT2D eigenvalue weighted by Gasteiger charge is -2.32. The summed E-state index contributed by atoms with van der Waals surface area (Å²) in [4.78, 5) is 25.7. The molecule has 1 heterocycles. The maximum Gasteiger partial charge on any atom is 0.248 e. The van der Waals surface area contributed by atoms with Crippen molar-refractivity contribution in [2.24, 2.45) is 5.92 Å². The number of hydrogen-bond acceptors (Lipinski definition) is 3. The van der Waals surface area contributed by atoms with Crippen LogP contribution in [-0.4, -0.2) is 43.5 Å². The average molecular weight is 409 g/mol. The highest BCUT2D eigenvalue weighted by atomic mass is 16.5. The predicted octanol–water partition coefficient (Wildman–Crippen LogP) is 3.36. The molecule has 1 N–H and O–H groups in total. The van der Waals surface area contributed by atoms with Gasteiger partial charge in [0.05, 0.1) is 6.61 Å². The van der Waals surface area contributed by atoms with Crippen molar-refractivity contribution in [3.8, 4) is 0 Å². The summed E-state index contributed by atoms with van der Waals surface area (Å²) in [6.45, 7) is 2.24. The Bertz CT molecular complexity index is 797. The van der Waals surface area contributed by atoms with Gasteiger partial charge in [0.15, 0.2) is 0 Å². The second-order valence-electron chi connectivity index (χ2n) is 8.00. The van der Waals surface area contributed by atoms with Crippen LogP contribution in [-0.2, 0) is 33.8 Å². The first kappa shape index (κ1) is 22.0. The van der Waals surface area contributed by atoms with E-state index in [9.17, 15) is 9.59 Å². The predicted molar refractivity (Wildman–Crippen MR) is 118 cm³/mol. The number of hydrogen-bond donors (Lipinski definition) is 1. The summed E-state index contributed by atoms with van der Waals surface area (Å²) in [5, 5.41) is 2.66. The summed E-state index contributed by atoms with van der Waals surface area (Å²) >= 11 is 0. The zero-order chi connectivity index (χ0) is 21.2. The third-order valence-electron chi connectivity index (χ3n) is 5.77. The van der Waals surface area contributed by atoms with Gasteiger partial charge in [0.1, 0.15) is 6.61 Å². The smallest absolute Gasteiger partial charge is 0.248 e. The largest absolute Gasteiger partial charge is 0.367 e. The lowest BCUT2D eigenvalue weighted by atomic mass is 9.89. The van der Waals surface area contributed by atoms with Crippen LogP contribution in [0.4, 0.5) is 0 Å². The van der Waals surface area contributed by atoms with E-state index in [0.717, 1.165) is 44.3 Å². The lowest BCUT2D eigenvalue weighted by molar-refractivity contribution is -0.138. The van der Waals surface area contributed by atoms with Crippen LogP contribution in [0.25, 0.3) is 0 Å². The molecule has 3 rings (SSSR count). The van der Waals surface area contributed by atoms with Gasteiger partial charge < -0.3 is 15.0 Å². The highest BCUT2D eigenvalue weighted by Crippen LogP contribution is 2.22. The van der Waals surface area contributed by atoms with Gasteiger partial charge in [0.2, 0.25) is 11.8 Å². The third kappa shape index (κ3) is 6.99. The number of carbonyl (C=O) groups is 2. The first-order valence-corrected chi connectivity index (χ1v) is 10.8. The fourth-order valence-electron chi connectivity index (χ4n) is 3.87. The zero-order valence-electron chi connectivity index (χ0n) is 17.8. The monoisotopic (exact) mass is 408 g/mol. The van der Waals surface area contributed by atoms with Gasteiger partial charge in [-0.05, 0) is 48.3 Å². The maximum atomic E-state index is 12.4. The second-order valence-corrected chi connectivity index (χ2v) is 8.00. The normalized spacial score (nSPS) is 14.5.